The standard InChI is InChI=1S/C74H49NO/c1-6-23-50(24-7-1)53-45-48-67-65(49-53)74(55-29-12-4-13-30-55,56-31-14-5-15-32-56)63-38-18-19-40-66(63)75(67)68-41-22-39-64-71(68)60-33-16-17-37-62(60)73(64,54-27-10-3-11-28-54)57-46-43-52(44-47-57)59-35-20-36-61-70-58(51-25-8-2-9-26-51)34-21-42-69(70)76-72(59)61/h1-49H. The van der Waals surface area contributed by atoms with Crippen LogP contribution in [0.4, 0.5) is 17.1 Å². The second kappa shape index (κ2) is 17.4. The summed E-state index contributed by atoms with van der Waals surface area (Å²) in [5, 5.41) is 2.26. The van der Waals surface area contributed by atoms with Gasteiger partial charge in [0.2, 0.25) is 0 Å². The van der Waals surface area contributed by atoms with Crippen molar-refractivity contribution in [3.05, 3.63) is 342 Å². The second-order valence-corrected chi connectivity index (χ2v) is 20.2. The quantitative estimate of drug-likeness (QED) is 0.151. The molecule has 15 rings (SSSR count). The number of para-hydroxylation sites is 2. The minimum atomic E-state index is -0.648. The van der Waals surface area contributed by atoms with E-state index in [9.17, 15) is 0 Å². The lowest BCUT2D eigenvalue weighted by Gasteiger charge is -2.47. The summed E-state index contributed by atoms with van der Waals surface area (Å²) in [7, 11) is 0. The van der Waals surface area contributed by atoms with Crippen molar-refractivity contribution in [3.8, 4) is 44.5 Å². The van der Waals surface area contributed by atoms with Crippen molar-refractivity contribution in [1.29, 1.82) is 0 Å². The number of fused-ring (bicyclic) bond motifs is 8. The Morgan fingerprint density at radius 3 is 1.42 bits per heavy atom. The van der Waals surface area contributed by atoms with E-state index in [-0.39, 0.29) is 0 Å². The third-order valence-electron chi connectivity index (χ3n) is 16.4. The van der Waals surface area contributed by atoms with E-state index in [1.165, 1.54) is 77.9 Å². The predicted molar refractivity (Wildman–Crippen MR) is 314 cm³/mol. The number of hydrogen-bond donors (Lipinski definition) is 0. The molecule has 76 heavy (non-hydrogen) atoms. The van der Waals surface area contributed by atoms with Crippen molar-refractivity contribution in [3.63, 3.8) is 0 Å². The highest BCUT2D eigenvalue weighted by molar-refractivity contribution is 6.15. The lowest BCUT2D eigenvalue weighted by molar-refractivity contribution is 0.670. The highest BCUT2D eigenvalue weighted by Crippen LogP contribution is 2.63. The van der Waals surface area contributed by atoms with Gasteiger partial charge in [-0.15, -0.1) is 0 Å². The van der Waals surface area contributed by atoms with Gasteiger partial charge in [-0.05, 0) is 108 Å². The summed E-state index contributed by atoms with van der Waals surface area (Å²) in [4.78, 5) is 2.57. The molecule has 1 unspecified atom stereocenters. The maximum Gasteiger partial charge on any atom is 0.143 e. The van der Waals surface area contributed by atoms with Crippen molar-refractivity contribution in [1.82, 2.24) is 0 Å². The lowest BCUT2D eigenvalue weighted by Crippen LogP contribution is -2.38. The van der Waals surface area contributed by atoms with Crippen molar-refractivity contribution in [2.45, 2.75) is 10.8 Å². The lowest BCUT2D eigenvalue weighted by atomic mass is 9.62. The van der Waals surface area contributed by atoms with E-state index in [1.807, 2.05) is 0 Å². The molecule has 13 aromatic rings. The van der Waals surface area contributed by atoms with E-state index in [2.05, 4.69) is 302 Å². The summed E-state index contributed by atoms with van der Waals surface area (Å²) in [5.74, 6) is 0. The fraction of sp³-hybridized carbons (Fsp3) is 0.0270. The maximum absolute atomic E-state index is 6.82. The third-order valence-corrected chi connectivity index (χ3v) is 16.4. The number of hydrogen-bond acceptors (Lipinski definition) is 2. The molecule has 2 nitrogen and oxygen atoms in total. The van der Waals surface area contributed by atoms with Crippen LogP contribution in [0.25, 0.3) is 66.4 Å². The molecule has 0 bridgehead atoms. The largest absolute Gasteiger partial charge is 0.455 e. The molecule has 1 aromatic heterocycles. The number of nitrogens with zero attached hydrogens (tertiary/aromatic N) is 1. The van der Waals surface area contributed by atoms with E-state index < -0.39 is 10.8 Å². The van der Waals surface area contributed by atoms with E-state index in [0.717, 1.165) is 50.1 Å². The second-order valence-electron chi connectivity index (χ2n) is 20.2. The molecular formula is C74H49NO. The molecule has 1 atom stereocenters. The van der Waals surface area contributed by atoms with Crippen LogP contribution in [0.3, 0.4) is 0 Å². The molecule has 2 heteroatoms. The Labute approximate surface area is 443 Å². The molecule has 2 heterocycles. The zero-order valence-corrected chi connectivity index (χ0v) is 41.6. The number of benzene rings is 12. The maximum atomic E-state index is 6.82. The smallest absolute Gasteiger partial charge is 0.143 e. The fourth-order valence-corrected chi connectivity index (χ4v) is 13.3. The first kappa shape index (κ1) is 43.8. The van der Waals surface area contributed by atoms with Crippen molar-refractivity contribution >= 4 is 39.0 Å². The summed E-state index contributed by atoms with van der Waals surface area (Å²) in [6.45, 7) is 0. The average Bonchev–Trinajstić information content (AvgIpc) is 4.10. The van der Waals surface area contributed by atoms with Crippen molar-refractivity contribution in [2.75, 3.05) is 4.90 Å². The summed E-state index contributed by atoms with van der Waals surface area (Å²) < 4.78 is 6.82. The van der Waals surface area contributed by atoms with Crippen LogP contribution in [-0.2, 0) is 10.8 Å². The monoisotopic (exact) mass is 967 g/mol. The Balaban J connectivity index is 0.958. The molecule has 0 spiro atoms. The molecule has 1 aliphatic carbocycles. The van der Waals surface area contributed by atoms with Gasteiger partial charge in [0, 0.05) is 21.9 Å². The van der Waals surface area contributed by atoms with Crippen LogP contribution in [-0.4, -0.2) is 0 Å². The van der Waals surface area contributed by atoms with E-state index in [1.54, 1.807) is 0 Å². The van der Waals surface area contributed by atoms with Gasteiger partial charge >= 0.3 is 0 Å². The first-order valence-corrected chi connectivity index (χ1v) is 26.3. The van der Waals surface area contributed by atoms with Gasteiger partial charge in [-0.25, -0.2) is 0 Å². The molecule has 1 aliphatic heterocycles. The van der Waals surface area contributed by atoms with Gasteiger partial charge in [0.1, 0.15) is 11.2 Å². The number of furan rings is 1. The summed E-state index contributed by atoms with van der Waals surface area (Å²) in [5.41, 5.74) is 23.1. The topological polar surface area (TPSA) is 16.4 Å². The molecule has 12 aromatic carbocycles. The Kier molecular flexibility index (Phi) is 10.0. The zero-order valence-electron chi connectivity index (χ0n) is 41.6. The Morgan fingerprint density at radius 2 is 0.737 bits per heavy atom. The fourth-order valence-electron chi connectivity index (χ4n) is 13.3. The highest BCUT2D eigenvalue weighted by atomic mass is 16.3. The van der Waals surface area contributed by atoms with Crippen LogP contribution in [0.1, 0.15) is 44.5 Å². The van der Waals surface area contributed by atoms with E-state index in [4.69, 9.17) is 4.42 Å². The van der Waals surface area contributed by atoms with Crippen molar-refractivity contribution in [2.24, 2.45) is 0 Å². The third kappa shape index (κ3) is 6.34. The minimum Gasteiger partial charge on any atom is -0.455 e. The Morgan fingerprint density at radius 1 is 0.276 bits per heavy atom. The minimum absolute atomic E-state index is 0.641. The Hall–Kier alpha value is -9.76. The van der Waals surface area contributed by atoms with Crippen molar-refractivity contribution < 1.29 is 4.42 Å². The van der Waals surface area contributed by atoms with E-state index in [0.29, 0.717) is 0 Å². The molecule has 0 saturated heterocycles. The number of anilines is 3. The van der Waals surface area contributed by atoms with Gasteiger partial charge in [0.15, 0.2) is 0 Å². The first-order chi connectivity index (χ1) is 37.7. The normalized spacial score (nSPS) is 15.0. The summed E-state index contributed by atoms with van der Waals surface area (Å²) in [6.07, 6.45) is 0. The van der Waals surface area contributed by atoms with Crippen LogP contribution >= 0.6 is 0 Å². The highest BCUT2D eigenvalue weighted by Gasteiger charge is 2.50. The molecule has 0 saturated carbocycles. The summed E-state index contributed by atoms with van der Waals surface area (Å²) >= 11 is 0. The summed E-state index contributed by atoms with van der Waals surface area (Å²) in [6, 6.07) is 110. The van der Waals surface area contributed by atoms with Gasteiger partial charge in [-0.1, -0.05) is 267 Å². The molecule has 0 N–H and O–H groups in total. The van der Waals surface area contributed by atoms with Gasteiger partial charge < -0.3 is 9.32 Å². The van der Waals surface area contributed by atoms with Gasteiger partial charge in [-0.2, -0.15) is 0 Å². The predicted octanol–water partition coefficient (Wildman–Crippen LogP) is 19.1. The van der Waals surface area contributed by atoms with Gasteiger partial charge in [0.05, 0.1) is 27.9 Å². The molecule has 356 valence electrons. The van der Waals surface area contributed by atoms with Crippen LogP contribution in [0.5, 0.6) is 0 Å². The Bertz CT molecular complexity index is 4280. The molecular weight excluding hydrogens is 919 g/mol. The van der Waals surface area contributed by atoms with Crippen LogP contribution < -0.4 is 4.90 Å². The van der Waals surface area contributed by atoms with E-state index >= 15 is 0 Å². The molecule has 0 radical (unpaired) electrons. The molecule has 0 fully saturated rings. The molecule has 2 aliphatic rings. The average molecular weight is 968 g/mol. The number of rotatable bonds is 8. The van der Waals surface area contributed by atoms with Crippen LogP contribution in [0.15, 0.2) is 302 Å². The van der Waals surface area contributed by atoms with Crippen LogP contribution in [0, 0.1) is 0 Å². The zero-order chi connectivity index (χ0) is 50.2. The first-order valence-electron chi connectivity index (χ1n) is 26.3. The van der Waals surface area contributed by atoms with Crippen LogP contribution in [0.2, 0.25) is 0 Å². The van der Waals surface area contributed by atoms with Gasteiger partial charge in [0.25, 0.3) is 0 Å². The SMILES string of the molecule is c1ccc(-c2ccc3c(c2)C(c2ccccc2)(c2ccccc2)c2ccccc2N3c2cccc3c2-c2ccccc2C3(c2ccccc2)c2ccc(-c3cccc4c3oc3cccc(-c5ccccc5)c34)cc2)cc1. The van der Waals surface area contributed by atoms with Gasteiger partial charge in [-0.3, -0.25) is 0 Å². The molecule has 0 amide bonds.